The van der Waals surface area contributed by atoms with Crippen LogP contribution in [0.5, 0.6) is 5.75 Å². The maximum Gasteiger partial charge on any atom is 0.417 e. The number of nitrogens with zero attached hydrogens (tertiary/aromatic N) is 5. The molecule has 2 aliphatic rings. The molecule has 1 amide bonds. The van der Waals surface area contributed by atoms with E-state index in [0.29, 0.717) is 5.75 Å². The highest BCUT2D eigenvalue weighted by molar-refractivity contribution is 7.99. The topological polar surface area (TPSA) is 129 Å². The number of amides is 1. The number of alkyl halides is 3. The second kappa shape index (κ2) is 12.1. The number of piperazine rings is 1. The fraction of sp³-hybridized carbons (Fsp3) is 0.303. The van der Waals surface area contributed by atoms with Gasteiger partial charge >= 0.3 is 17.6 Å². The molecule has 0 radical (unpaired) electrons. The molecule has 5 aromatic rings. The lowest BCUT2D eigenvalue weighted by atomic mass is 9.94. The maximum absolute atomic E-state index is 15.2. The van der Waals surface area contributed by atoms with Crippen molar-refractivity contribution in [3.05, 3.63) is 87.7 Å². The van der Waals surface area contributed by atoms with Gasteiger partial charge in [-0.2, -0.15) is 18.2 Å². The van der Waals surface area contributed by atoms with Crippen LogP contribution in [0.1, 0.15) is 25.5 Å². The summed E-state index contributed by atoms with van der Waals surface area (Å²) in [5.74, 6) is -0.410. The maximum atomic E-state index is 15.2. The zero-order valence-electron chi connectivity index (χ0n) is 26.2. The quantitative estimate of drug-likeness (QED) is 0.185. The van der Waals surface area contributed by atoms with E-state index >= 15 is 13.2 Å². The van der Waals surface area contributed by atoms with Crippen LogP contribution in [0.4, 0.5) is 23.4 Å². The van der Waals surface area contributed by atoms with Gasteiger partial charge in [0, 0.05) is 64.7 Å². The molecule has 11 nitrogen and oxygen atoms in total. The first-order chi connectivity index (χ1) is 23.4. The van der Waals surface area contributed by atoms with Gasteiger partial charge in [0.05, 0.1) is 22.6 Å². The molecule has 0 saturated carbocycles. The van der Waals surface area contributed by atoms with Crippen LogP contribution in [0.15, 0.2) is 69.9 Å². The van der Waals surface area contributed by atoms with Crippen molar-refractivity contribution >= 4 is 45.4 Å². The molecule has 0 aliphatic carbocycles. The number of nitrogens with one attached hydrogen (secondary N) is 2. The van der Waals surface area contributed by atoms with E-state index < -0.39 is 35.0 Å². The number of ether oxygens (including phenoxy) is 1. The molecule has 3 aromatic heterocycles. The standard InChI is InChI=1S/C33H29F4N7O4S/c1-4-24(45)43-16(2)12-42(13-17(43)3)30-21-11-22(33(35,36)37)25(20-5-6-23(34)27-26(20)39-31(46)40-27)29-28(21)44(32(47)41-30)18(15-49-29)14-48-19-7-9-38-10-8-19/h4-11,16-18H,1,12-15H2,2-3H3,(H2,39,40,46)/t16-,17+,18-/m0/s1. The molecule has 254 valence electrons. The van der Waals surface area contributed by atoms with Crippen LogP contribution < -0.4 is 21.0 Å². The monoisotopic (exact) mass is 695 g/mol. The zero-order chi connectivity index (χ0) is 34.8. The predicted octanol–water partition coefficient (Wildman–Crippen LogP) is 5.12. The third kappa shape index (κ3) is 5.53. The molecule has 2 N–H and O–H groups in total. The number of thioether (sulfide) groups is 1. The third-order valence-corrected chi connectivity index (χ3v) is 10.1. The Morgan fingerprint density at radius 1 is 1.10 bits per heavy atom. The number of carbonyl (C=O) groups excluding carboxylic acids is 1. The fourth-order valence-electron chi connectivity index (χ4n) is 6.90. The summed E-state index contributed by atoms with van der Waals surface area (Å²) in [6.45, 7) is 7.58. The second-order valence-electron chi connectivity index (χ2n) is 12.0. The lowest BCUT2D eigenvalue weighted by Crippen LogP contribution is -2.58. The molecule has 7 rings (SSSR count). The number of fused-ring (bicyclic) bond motifs is 1. The lowest BCUT2D eigenvalue weighted by molar-refractivity contribution is -0.137. The molecule has 2 aliphatic heterocycles. The van der Waals surface area contributed by atoms with Crippen molar-refractivity contribution in [2.45, 2.75) is 43.0 Å². The van der Waals surface area contributed by atoms with Crippen LogP contribution in [0.2, 0.25) is 0 Å². The van der Waals surface area contributed by atoms with Gasteiger partial charge in [-0.15, -0.1) is 11.8 Å². The van der Waals surface area contributed by atoms with Crippen LogP contribution in [0.25, 0.3) is 33.1 Å². The van der Waals surface area contributed by atoms with Gasteiger partial charge in [-0.05, 0) is 50.3 Å². The summed E-state index contributed by atoms with van der Waals surface area (Å²) in [5, 5.41) is 0.0793. The van der Waals surface area contributed by atoms with Crippen LogP contribution in [-0.2, 0) is 11.0 Å². The van der Waals surface area contributed by atoms with Gasteiger partial charge < -0.3 is 24.5 Å². The largest absolute Gasteiger partial charge is 0.491 e. The molecule has 0 unspecified atom stereocenters. The average Bonchev–Trinajstić information content (AvgIpc) is 3.47. The van der Waals surface area contributed by atoms with E-state index in [1.807, 2.05) is 0 Å². The van der Waals surface area contributed by atoms with E-state index in [4.69, 9.17) is 4.74 Å². The van der Waals surface area contributed by atoms with Gasteiger partial charge in [-0.25, -0.2) is 14.0 Å². The summed E-state index contributed by atoms with van der Waals surface area (Å²) in [4.78, 5) is 55.5. The SMILES string of the molecule is C=CC(=O)N1[C@H](C)CN(c2nc(=O)n3c4c(c(-c5ccc(F)c6[nH]c(=O)[nH]c56)c(C(F)(F)F)cc24)SC[C@@H]3COc2ccncc2)C[C@@H]1C. The first-order valence-electron chi connectivity index (χ1n) is 15.3. The van der Waals surface area contributed by atoms with Crippen molar-refractivity contribution in [2.75, 3.05) is 30.3 Å². The van der Waals surface area contributed by atoms with Crippen LogP contribution in [-0.4, -0.2) is 72.8 Å². The molecule has 0 bridgehead atoms. The van der Waals surface area contributed by atoms with E-state index in [2.05, 4.69) is 26.5 Å². The number of aromatic amines is 2. The highest BCUT2D eigenvalue weighted by atomic mass is 32.2. The smallest absolute Gasteiger partial charge is 0.417 e. The van der Waals surface area contributed by atoms with Gasteiger partial charge in [-0.3, -0.25) is 14.3 Å². The van der Waals surface area contributed by atoms with Gasteiger partial charge in [0.1, 0.15) is 29.5 Å². The minimum absolute atomic E-state index is 0.00513. The Kier molecular flexibility index (Phi) is 8.00. The van der Waals surface area contributed by atoms with E-state index in [-0.39, 0.29) is 87.2 Å². The number of rotatable bonds is 6. The molecule has 16 heteroatoms. The van der Waals surface area contributed by atoms with Gasteiger partial charge in [-0.1, -0.05) is 6.58 Å². The highest BCUT2D eigenvalue weighted by Crippen LogP contribution is 2.51. The second-order valence-corrected chi connectivity index (χ2v) is 13.1. The predicted molar refractivity (Wildman–Crippen MR) is 177 cm³/mol. The number of aromatic nitrogens is 5. The summed E-state index contributed by atoms with van der Waals surface area (Å²) in [6, 6.07) is 5.06. The van der Waals surface area contributed by atoms with Gasteiger partial charge in [0.25, 0.3) is 0 Å². The van der Waals surface area contributed by atoms with Crippen LogP contribution in [0, 0.1) is 5.82 Å². The number of hydrogen-bond donors (Lipinski definition) is 2. The van der Waals surface area contributed by atoms with Crippen molar-refractivity contribution in [1.29, 1.82) is 0 Å². The van der Waals surface area contributed by atoms with Crippen molar-refractivity contribution in [3.8, 4) is 16.9 Å². The van der Waals surface area contributed by atoms with E-state index in [1.54, 1.807) is 48.2 Å². The Morgan fingerprint density at radius 2 is 1.80 bits per heavy atom. The molecular formula is C33H29F4N7O4S. The normalized spacial score (nSPS) is 19.4. The number of halogens is 4. The Morgan fingerprint density at radius 3 is 2.47 bits per heavy atom. The third-order valence-electron chi connectivity index (χ3n) is 8.88. The summed E-state index contributed by atoms with van der Waals surface area (Å²) in [6.07, 6.45) is -0.606. The number of carbonyl (C=O) groups is 1. The molecule has 1 fully saturated rings. The summed E-state index contributed by atoms with van der Waals surface area (Å²) in [5.41, 5.74) is -3.08. The van der Waals surface area contributed by atoms with E-state index in [9.17, 15) is 18.8 Å². The van der Waals surface area contributed by atoms with Crippen molar-refractivity contribution in [3.63, 3.8) is 0 Å². The molecule has 3 atom stereocenters. The summed E-state index contributed by atoms with van der Waals surface area (Å²) in [7, 11) is 0. The molecule has 1 saturated heterocycles. The highest BCUT2D eigenvalue weighted by Gasteiger charge is 2.41. The van der Waals surface area contributed by atoms with Crippen LogP contribution >= 0.6 is 11.8 Å². The molecule has 5 heterocycles. The fourth-order valence-corrected chi connectivity index (χ4v) is 8.22. The Balaban J connectivity index is 1.50. The Bertz CT molecular complexity index is 2240. The van der Waals surface area contributed by atoms with Crippen molar-refractivity contribution < 1.29 is 27.1 Å². The number of hydrogen-bond acceptors (Lipinski definition) is 8. The first-order valence-corrected chi connectivity index (χ1v) is 16.3. The van der Waals surface area contributed by atoms with E-state index in [1.165, 1.54) is 16.7 Å². The number of imidazole rings is 1. The minimum atomic E-state index is -4.91. The van der Waals surface area contributed by atoms with Crippen LogP contribution in [0.3, 0.4) is 0 Å². The van der Waals surface area contributed by atoms with Gasteiger partial charge in [0.15, 0.2) is 0 Å². The molecular weight excluding hydrogens is 666 g/mol. The molecule has 0 spiro atoms. The van der Waals surface area contributed by atoms with Crippen molar-refractivity contribution in [2.24, 2.45) is 0 Å². The van der Waals surface area contributed by atoms with Crippen molar-refractivity contribution in [1.82, 2.24) is 29.4 Å². The summed E-state index contributed by atoms with van der Waals surface area (Å²) < 4.78 is 67.6. The Labute approximate surface area is 279 Å². The van der Waals surface area contributed by atoms with Gasteiger partial charge in [0.2, 0.25) is 5.91 Å². The number of benzene rings is 2. The lowest BCUT2D eigenvalue weighted by Gasteiger charge is -2.45. The average molecular weight is 696 g/mol. The summed E-state index contributed by atoms with van der Waals surface area (Å²) >= 11 is 1.11. The first kappa shape index (κ1) is 32.4. The van der Waals surface area contributed by atoms with E-state index in [0.717, 1.165) is 23.9 Å². The number of anilines is 1. The Hall–Kier alpha value is -5.12. The number of pyridine rings is 1. The molecule has 49 heavy (non-hydrogen) atoms. The molecule has 2 aromatic carbocycles. The minimum Gasteiger partial charge on any atom is -0.491 e. The zero-order valence-corrected chi connectivity index (χ0v) is 27.0. The number of H-pyrrole nitrogens is 2.